The van der Waals surface area contributed by atoms with E-state index >= 15 is 0 Å². The number of anilines is 3. The second kappa shape index (κ2) is 15.2. The number of benzene rings is 9. The maximum absolute atomic E-state index is 14.8. The highest BCUT2D eigenvalue weighted by atomic mass is 32.2. The van der Waals surface area contributed by atoms with E-state index in [-0.39, 0.29) is 5.41 Å². The number of fused-ring (bicyclic) bond motifs is 11. The molecule has 0 amide bonds. The van der Waals surface area contributed by atoms with Gasteiger partial charge in [0.1, 0.15) is 11.1 Å². The molecule has 0 radical (unpaired) electrons. The molecule has 14 rings (SSSR count). The number of furan rings is 1. The molecule has 2 aliphatic heterocycles. The Morgan fingerprint density at radius 2 is 0.986 bits per heavy atom. The quantitative estimate of drug-likeness (QED) is 0.170. The van der Waals surface area contributed by atoms with Gasteiger partial charge in [-0.05, 0) is 100 Å². The summed E-state index contributed by atoms with van der Waals surface area (Å²) in [7, 11) is -3.88. The Kier molecular flexibility index (Phi) is 8.90. The topological polar surface area (TPSA) is 94.1 Å². The van der Waals surface area contributed by atoms with Crippen LogP contribution in [-0.4, -0.2) is 27.9 Å². The van der Waals surface area contributed by atoms with Gasteiger partial charge in [-0.25, -0.2) is 13.4 Å². The van der Waals surface area contributed by atoms with Gasteiger partial charge in [0.15, 0.2) is 17.2 Å². The summed E-state index contributed by atoms with van der Waals surface area (Å²) >= 11 is 0. The van der Waals surface area contributed by atoms with Gasteiger partial charge >= 0.3 is 0 Å². The Labute approximate surface area is 416 Å². The van der Waals surface area contributed by atoms with Gasteiger partial charge in [-0.3, -0.25) is 4.57 Å². The zero-order chi connectivity index (χ0) is 48.7. The predicted octanol–water partition coefficient (Wildman–Crippen LogP) is 15.5. The minimum absolute atomic E-state index is 0.224. The van der Waals surface area contributed by atoms with Gasteiger partial charge in [0.05, 0.1) is 26.7 Å². The Bertz CT molecular complexity index is 4260. The van der Waals surface area contributed by atoms with E-state index in [1.165, 1.54) is 11.1 Å². The molecule has 12 aromatic rings. The maximum atomic E-state index is 14.8. The predicted molar refractivity (Wildman–Crippen MR) is 289 cm³/mol. The second-order valence-corrected chi connectivity index (χ2v) is 21.9. The molecule has 0 bridgehead atoms. The largest absolute Gasteiger partial charge is 0.454 e. The van der Waals surface area contributed by atoms with Crippen LogP contribution >= 0.6 is 0 Å². The van der Waals surface area contributed by atoms with Gasteiger partial charge in [0, 0.05) is 49.2 Å². The molecule has 0 atom stereocenters. The molecular formula is C63H45N5O3S. The van der Waals surface area contributed by atoms with Crippen LogP contribution in [0.25, 0.3) is 83.6 Å². The number of hydrogen-bond donors (Lipinski definition) is 0. The summed E-state index contributed by atoms with van der Waals surface area (Å²) in [5.41, 5.74) is 13.0. The van der Waals surface area contributed by atoms with Crippen LogP contribution in [0.3, 0.4) is 0 Å². The van der Waals surface area contributed by atoms with Gasteiger partial charge in [0.2, 0.25) is 15.8 Å². The Balaban J connectivity index is 0.950. The van der Waals surface area contributed by atoms with Crippen molar-refractivity contribution in [3.63, 3.8) is 0 Å². The molecule has 0 saturated carbocycles. The minimum atomic E-state index is -3.88. The number of nitrogens with zero attached hydrogens (tertiary/aromatic N) is 5. The number of rotatable bonds is 5. The molecular weight excluding hydrogens is 907 g/mol. The van der Waals surface area contributed by atoms with Gasteiger partial charge in [-0.15, -0.1) is 0 Å². The SMILES string of the molecule is CC1(C)c2ccccc2N(c2ccc3c(c2)C(C)(C)c2cc(-c4ccc5c(c4)c4ccc6c7ccccc7oc6c4n5-c4nc(-c5ccccc5)nc(-c5ccccc5)n4)ccc2S3(=O)=O)c2ccccc21. The number of para-hydroxylation sites is 3. The van der Waals surface area contributed by atoms with Crippen LogP contribution in [-0.2, 0) is 20.7 Å². The van der Waals surface area contributed by atoms with Gasteiger partial charge in [-0.1, -0.05) is 161 Å². The molecule has 5 heterocycles. The van der Waals surface area contributed by atoms with Crippen LogP contribution in [0.15, 0.2) is 214 Å². The minimum Gasteiger partial charge on any atom is -0.454 e. The third-order valence-corrected chi connectivity index (χ3v) is 17.1. The lowest BCUT2D eigenvalue weighted by Gasteiger charge is -2.42. The van der Waals surface area contributed by atoms with Crippen LogP contribution in [0.5, 0.6) is 0 Å². The van der Waals surface area contributed by atoms with E-state index in [0.717, 1.165) is 94.2 Å². The van der Waals surface area contributed by atoms with Crippen LogP contribution in [0.4, 0.5) is 17.1 Å². The molecule has 0 N–H and O–H groups in total. The molecule has 2 aliphatic rings. The summed E-state index contributed by atoms with van der Waals surface area (Å²) in [5, 5.41) is 3.94. The van der Waals surface area contributed by atoms with Crippen molar-refractivity contribution >= 4 is 70.6 Å². The first-order chi connectivity index (χ1) is 35.0. The third-order valence-electron chi connectivity index (χ3n) is 15.3. The number of sulfone groups is 1. The molecule has 0 spiro atoms. The fourth-order valence-corrected chi connectivity index (χ4v) is 13.5. The normalized spacial score (nSPS) is 15.1. The van der Waals surface area contributed by atoms with E-state index in [0.29, 0.717) is 27.4 Å². The highest BCUT2D eigenvalue weighted by molar-refractivity contribution is 7.91. The van der Waals surface area contributed by atoms with Crippen molar-refractivity contribution < 1.29 is 12.8 Å². The Morgan fingerprint density at radius 1 is 0.444 bits per heavy atom. The zero-order valence-electron chi connectivity index (χ0n) is 39.9. The van der Waals surface area contributed by atoms with Gasteiger partial charge in [-0.2, -0.15) is 9.97 Å². The van der Waals surface area contributed by atoms with Crippen molar-refractivity contribution in [2.75, 3.05) is 4.90 Å². The van der Waals surface area contributed by atoms with Crippen molar-refractivity contribution in [1.29, 1.82) is 0 Å². The van der Waals surface area contributed by atoms with Crippen LogP contribution < -0.4 is 4.90 Å². The lowest BCUT2D eigenvalue weighted by atomic mass is 9.73. The monoisotopic (exact) mass is 951 g/mol. The van der Waals surface area contributed by atoms with Crippen molar-refractivity contribution in [1.82, 2.24) is 19.5 Å². The molecule has 0 fully saturated rings. The van der Waals surface area contributed by atoms with E-state index in [1.807, 2.05) is 97.1 Å². The van der Waals surface area contributed by atoms with E-state index in [2.05, 4.69) is 134 Å². The van der Waals surface area contributed by atoms with E-state index in [9.17, 15) is 8.42 Å². The maximum Gasteiger partial charge on any atom is 0.238 e. The summed E-state index contributed by atoms with van der Waals surface area (Å²) in [5.74, 6) is 1.57. The highest BCUT2D eigenvalue weighted by Gasteiger charge is 2.42. The fraction of sp³-hybridized carbons (Fsp3) is 0.0952. The molecule has 9 aromatic carbocycles. The van der Waals surface area contributed by atoms with Crippen molar-refractivity contribution in [2.45, 2.75) is 48.3 Å². The lowest BCUT2D eigenvalue weighted by Crippen LogP contribution is -2.32. The van der Waals surface area contributed by atoms with E-state index in [4.69, 9.17) is 19.4 Å². The molecule has 0 unspecified atom stereocenters. The zero-order valence-corrected chi connectivity index (χ0v) is 40.7. The number of hydrogen-bond acceptors (Lipinski definition) is 7. The molecule has 346 valence electrons. The molecule has 0 saturated heterocycles. The van der Waals surface area contributed by atoms with Gasteiger partial charge < -0.3 is 9.32 Å². The van der Waals surface area contributed by atoms with E-state index < -0.39 is 15.3 Å². The van der Waals surface area contributed by atoms with Gasteiger partial charge in [0.25, 0.3) is 0 Å². The summed E-state index contributed by atoms with van der Waals surface area (Å²) in [6.45, 7) is 8.83. The third kappa shape index (κ3) is 6.04. The molecule has 3 aromatic heterocycles. The Hall–Kier alpha value is -8.66. The highest BCUT2D eigenvalue weighted by Crippen LogP contribution is 2.54. The second-order valence-electron chi connectivity index (χ2n) is 20.0. The summed E-state index contributed by atoms with van der Waals surface area (Å²) in [4.78, 5) is 18.4. The standard InChI is InChI=1S/C63H45N5O3S/c1-62(2)47-22-12-14-24-52(47)67(53-25-15-13-23-48(53)62)42-29-34-56-50(37-42)63(3,4)49-36-41(28-33-55(49)72(56,69)70)40-27-32-51-46(35-40)44-30-31-45-43-21-11-16-26-54(43)71-58(45)57(44)68(51)61-65-59(38-17-7-5-8-18-38)64-60(66-61)39-19-9-6-10-20-39/h5-37H,1-4H3. The fourth-order valence-electron chi connectivity index (χ4n) is 11.6. The first-order valence-electron chi connectivity index (χ1n) is 24.3. The molecule has 72 heavy (non-hydrogen) atoms. The molecule has 0 aliphatic carbocycles. The van der Waals surface area contributed by atoms with E-state index in [1.54, 1.807) is 6.07 Å². The molecule has 9 heteroatoms. The average Bonchev–Trinajstić information content (AvgIpc) is 3.97. The van der Waals surface area contributed by atoms with Crippen LogP contribution in [0, 0.1) is 0 Å². The van der Waals surface area contributed by atoms with Crippen LogP contribution in [0.2, 0.25) is 0 Å². The first-order valence-corrected chi connectivity index (χ1v) is 25.7. The average molecular weight is 952 g/mol. The summed E-state index contributed by atoms with van der Waals surface area (Å²) in [6.07, 6.45) is 0. The summed E-state index contributed by atoms with van der Waals surface area (Å²) < 4.78 is 38.5. The first kappa shape index (κ1) is 42.2. The lowest BCUT2D eigenvalue weighted by molar-refractivity contribution is 0.556. The van der Waals surface area contributed by atoms with Crippen molar-refractivity contribution in [3.8, 4) is 39.9 Å². The van der Waals surface area contributed by atoms with Crippen LogP contribution in [0.1, 0.15) is 49.9 Å². The smallest absolute Gasteiger partial charge is 0.238 e. The Morgan fingerprint density at radius 3 is 1.67 bits per heavy atom. The van der Waals surface area contributed by atoms with Crippen molar-refractivity contribution in [2.24, 2.45) is 0 Å². The number of aromatic nitrogens is 4. The summed E-state index contributed by atoms with van der Waals surface area (Å²) in [6, 6.07) is 67.6. The molecule has 8 nitrogen and oxygen atoms in total. The van der Waals surface area contributed by atoms with Crippen molar-refractivity contribution in [3.05, 3.63) is 222 Å².